The molecule has 2 aliphatic heterocycles. The number of nitrogens with one attached hydrogen (secondary N) is 3. The van der Waals surface area contributed by atoms with Gasteiger partial charge in [-0.25, -0.2) is 0 Å². The first-order valence-electron chi connectivity index (χ1n) is 10.6. The molecule has 2 saturated carbocycles. The van der Waals surface area contributed by atoms with Crippen LogP contribution in [0.5, 0.6) is 0 Å². The minimum absolute atomic E-state index is 0.0746. The van der Waals surface area contributed by atoms with Crippen LogP contribution in [-0.2, 0) is 6.54 Å². The molecule has 1 amide bonds. The van der Waals surface area contributed by atoms with Gasteiger partial charge in [-0.1, -0.05) is 6.07 Å². The van der Waals surface area contributed by atoms with Gasteiger partial charge in [-0.05, 0) is 83.9 Å². The molecule has 29 heavy (non-hydrogen) atoms. The van der Waals surface area contributed by atoms with Crippen LogP contribution in [-0.4, -0.2) is 16.1 Å². The summed E-state index contributed by atoms with van der Waals surface area (Å²) in [4.78, 5) is 12.3. The molecule has 3 heterocycles. The molecule has 0 radical (unpaired) electrons. The highest BCUT2D eigenvalue weighted by Gasteiger charge is 2.54. The monoisotopic (exact) mass is 385 g/mol. The lowest BCUT2D eigenvalue weighted by Gasteiger charge is -2.43. The van der Waals surface area contributed by atoms with Crippen LogP contribution < -0.4 is 16.4 Å². The van der Waals surface area contributed by atoms with Crippen LogP contribution in [0.3, 0.4) is 0 Å². The molecular formula is C23H23N5O. The lowest BCUT2D eigenvalue weighted by Crippen LogP contribution is -2.35. The zero-order chi connectivity index (χ0) is 19.3. The number of amides is 1. The SMILES string of the molecule is Nc1n[nH]c2ccc([C@H]3Nc4cc5c(cc4[C@@H]4C6CCC(C6)[C@H]34)C(=O)NC5)cc12. The summed E-state index contributed by atoms with van der Waals surface area (Å²) in [5.41, 5.74) is 12.9. The largest absolute Gasteiger partial charge is 0.382 e. The second kappa shape index (κ2) is 5.32. The van der Waals surface area contributed by atoms with Crippen LogP contribution in [0.25, 0.3) is 10.9 Å². The van der Waals surface area contributed by atoms with E-state index in [-0.39, 0.29) is 11.9 Å². The van der Waals surface area contributed by atoms with E-state index in [1.54, 1.807) is 0 Å². The van der Waals surface area contributed by atoms with Gasteiger partial charge in [0.2, 0.25) is 0 Å². The van der Waals surface area contributed by atoms with E-state index in [0.29, 0.717) is 24.2 Å². The lowest BCUT2D eigenvalue weighted by molar-refractivity contribution is 0.0965. The zero-order valence-corrected chi connectivity index (χ0v) is 16.0. The Labute approximate surface area is 168 Å². The number of fused-ring (bicyclic) bond motifs is 9. The van der Waals surface area contributed by atoms with Gasteiger partial charge in [0, 0.05) is 23.2 Å². The van der Waals surface area contributed by atoms with Crippen LogP contribution in [0.1, 0.15) is 58.3 Å². The maximum absolute atomic E-state index is 12.3. The van der Waals surface area contributed by atoms with Crippen LogP contribution in [0.4, 0.5) is 11.5 Å². The standard InChI is InChI=1S/C23H23N5O/c24-22-16-6-12(3-4-17(16)27-28-22)21-20-11-2-1-10(5-11)19(20)15-8-14-13(7-18(15)26-21)9-25-23(14)29/h3-4,6-8,10-11,19-21,26H,1-2,5,9H2,(H,25,29)(H3,24,27,28)/t10?,11?,19-,20-,21+/m0/s1. The van der Waals surface area contributed by atoms with Crippen LogP contribution in [0, 0.1) is 17.8 Å². The van der Waals surface area contributed by atoms with E-state index >= 15 is 0 Å². The highest BCUT2D eigenvalue weighted by molar-refractivity contribution is 5.99. The van der Waals surface area contributed by atoms with Gasteiger partial charge in [0.15, 0.2) is 5.82 Å². The van der Waals surface area contributed by atoms with Crippen molar-refractivity contribution in [3.05, 3.63) is 52.6 Å². The molecule has 146 valence electrons. The summed E-state index contributed by atoms with van der Waals surface area (Å²) in [6.45, 7) is 0.630. The number of rotatable bonds is 1. The predicted octanol–water partition coefficient (Wildman–Crippen LogP) is 3.69. The van der Waals surface area contributed by atoms with Gasteiger partial charge in [0.25, 0.3) is 5.91 Å². The van der Waals surface area contributed by atoms with E-state index in [4.69, 9.17) is 5.73 Å². The summed E-state index contributed by atoms with van der Waals surface area (Å²) in [6, 6.07) is 11.2. The molecule has 3 aromatic rings. The average molecular weight is 385 g/mol. The molecule has 0 spiro atoms. The summed E-state index contributed by atoms with van der Waals surface area (Å²) >= 11 is 0. The topological polar surface area (TPSA) is 95.8 Å². The number of nitrogens with zero attached hydrogens (tertiary/aromatic N) is 1. The number of nitrogen functional groups attached to an aromatic ring is 1. The molecule has 5 N–H and O–H groups in total. The second-order valence-corrected chi connectivity index (χ2v) is 9.25. The number of hydrogen-bond acceptors (Lipinski definition) is 4. The fourth-order valence-corrected chi connectivity index (χ4v) is 6.78. The van der Waals surface area contributed by atoms with Crippen molar-refractivity contribution in [1.82, 2.24) is 15.5 Å². The van der Waals surface area contributed by atoms with Crippen molar-refractivity contribution in [3.63, 3.8) is 0 Å². The van der Waals surface area contributed by atoms with E-state index in [2.05, 4.69) is 51.2 Å². The predicted molar refractivity (Wildman–Crippen MR) is 112 cm³/mol. The summed E-state index contributed by atoms with van der Waals surface area (Å²) in [6.07, 6.45) is 3.95. The number of anilines is 2. The third-order valence-corrected chi connectivity index (χ3v) is 7.97. The first-order chi connectivity index (χ1) is 14.2. The van der Waals surface area contributed by atoms with Crippen LogP contribution >= 0.6 is 0 Å². The smallest absolute Gasteiger partial charge is 0.251 e. The minimum Gasteiger partial charge on any atom is -0.382 e. The number of carbonyl (C=O) groups is 1. The molecule has 6 heteroatoms. The fraction of sp³-hybridized carbons (Fsp3) is 0.391. The zero-order valence-electron chi connectivity index (χ0n) is 16.0. The van der Waals surface area contributed by atoms with Gasteiger partial charge in [-0.3, -0.25) is 9.89 Å². The third kappa shape index (κ3) is 2.01. The van der Waals surface area contributed by atoms with Gasteiger partial charge < -0.3 is 16.4 Å². The van der Waals surface area contributed by atoms with Crippen molar-refractivity contribution in [3.8, 4) is 0 Å². The Bertz CT molecular complexity index is 1200. The molecule has 0 saturated heterocycles. The Balaban J connectivity index is 1.40. The molecular weight excluding hydrogens is 362 g/mol. The Hall–Kier alpha value is -3.02. The number of aromatic nitrogens is 2. The van der Waals surface area contributed by atoms with Gasteiger partial charge in [0.1, 0.15) is 0 Å². The van der Waals surface area contributed by atoms with E-state index in [0.717, 1.165) is 33.9 Å². The molecule has 2 aliphatic carbocycles. The van der Waals surface area contributed by atoms with Gasteiger partial charge >= 0.3 is 0 Å². The van der Waals surface area contributed by atoms with Gasteiger partial charge in [0.05, 0.1) is 11.6 Å². The van der Waals surface area contributed by atoms with Crippen molar-refractivity contribution < 1.29 is 4.79 Å². The number of H-pyrrole nitrogens is 1. The number of nitrogens with two attached hydrogens (primary N) is 1. The average Bonchev–Trinajstić information content (AvgIpc) is 3.51. The van der Waals surface area contributed by atoms with Crippen LogP contribution in [0.2, 0.25) is 0 Å². The Morgan fingerprint density at radius 1 is 1.10 bits per heavy atom. The van der Waals surface area contributed by atoms with E-state index in [9.17, 15) is 4.79 Å². The fourth-order valence-electron chi connectivity index (χ4n) is 6.78. The van der Waals surface area contributed by atoms with Gasteiger partial charge in [-0.2, -0.15) is 5.10 Å². The third-order valence-electron chi connectivity index (χ3n) is 7.97. The molecule has 6 nitrogen and oxygen atoms in total. The highest BCUT2D eigenvalue weighted by Crippen LogP contribution is 2.64. The minimum atomic E-state index is 0.0746. The summed E-state index contributed by atoms with van der Waals surface area (Å²) in [7, 11) is 0. The molecule has 2 aromatic carbocycles. The van der Waals surface area contributed by atoms with E-state index in [1.807, 2.05) is 0 Å². The molecule has 2 unspecified atom stereocenters. The van der Waals surface area contributed by atoms with Crippen molar-refractivity contribution in [1.29, 1.82) is 0 Å². The molecule has 4 aliphatic rings. The summed E-state index contributed by atoms with van der Waals surface area (Å²) in [5.74, 6) is 3.21. The van der Waals surface area contributed by atoms with Crippen molar-refractivity contribution in [2.45, 2.75) is 37.8 Å². The molecule has 5 atom stereocenters. The van der Waals surface area contributed by atoms with Crippen LogP contribution in [0.15, 0.2) is 30.3 Å². The quantitative estimate of drug-likeness (QED) is 0.514. The summed E-state index contributed by atoms with van der Waals surface area (Å²) in [5, 5.41) is 15.0. The second-order valence-electron chi connectivity index (χ2n) is 9.25. The molecule has 1 aromatic heterocycles. The number of benzene rings is 2. The Kier molecular flexibility index (Phi) is 2.91. The van der Waals surface area contributed by atoms with Gasteiger partial charge in [-0.15, -0.1) is 0 Å². The Morgan fingerprint density at radius 3 is 2.93 bits per heavy atom. The van der Waals surface area contributed by atoms with E-state index in [1.165, 1.54) is 36.1 Å². The maximum atomic E-state index is 12.3. The number of hydrogen-bond donors (Lipinski definition) is 4. The van der Waals surface area contributed by atoms with Crippen molar-refractivity contribution >= 4 is 28.3 Å². The first-order valence-corrected chi connectivity index (χ1v) is 10.6. The molecule has 7 rings (SSSR count). The maximum Gasteiger partial charge on any atom is 0.251 e. The Morgan fingerprint density at radius 2 is 2.00 bits per heavy atom. The molecule has 2 fully saturated rings. The highest BCUT2D eigenvalue weighted by atomic mass is 16.1. The van der Waals surface area contributed by atoms with Crippen molar-refractivity contribution in [2.24, 2.45) is 17.8 Å². The van der Waals surface area contributed by atoms with E-state index < -0.39 is 0 Å². The normalized spacial score (nSPS) is 31.3. The van der Waals surface area contributed by atoms with Crippen molar-refractivity contribution in [2.75, 3.05) is 11.1 Å². The lowest BCUT2D eigenvalue weighted by atomic mass is 9.67. The number of aromatic amines is 1. The summed E-state index contributed by atoms with van der Waals surface area (Å²) < 4.78 is 0. The first kappa shape index (κ1) is 15.9. The number of carbonyl (C=O) groups excluding carboxylic acids is 1. The molecule has 2 bridgehead atoms.